The molecule has 0 unspecified atom stereocenters. The van der Waals surface area contributed by atoms with Crippen LogP contribution in [0.2, 0.25) is 0 Å². The number of nitriles is 1. The molecule has 0 saturated heterocycles. The number of carbonyl (C=O) groups is 1. The predicted octanol–water partition coefficient (Wildman–Crippen LogP) is 3.36. The van der Waals surface area contributed by atoms with Gasteiger partial charge in [0.25, 0.3) is 0 Å². The molecule has 0 aliphatic carbocycles. The van der Waals surface area contributed by atoms with Crippen LogP contribution in [-0.2, 0) is 12.8 Å². The van der Waals surface area contributed by atoms with E-state index in [-0.39, 0.29) is 5.75 Å². The number of aromatic nitrogens is 2. The van der Waals surface area contributed by atoms with Crippen molar-refractivity contribution in [1.82, 2.24) is 9.38 Å². The minimum absolute atomic E-state index is 0.249. The van der Waals surface area contributed by atoms with Crippen LogP contribution in [-0.4, -0.2) is 20.6 Å². The van der Waals surface area contributed by atoms with Crippen LogP contribution in [0.3, 0.4) is 0 Å². The molecule has 0 amide bonds. The van der Waals surface area contributed by atoms with Crippen LogP contribution >= 0.6 is 0 Å². The number of hydrogen-bond acceptors (Lipinski definition) is 4. The summed E-state index contributed by atoms with van der Waals surface area (Å²) in [4.78, 5) is 15.2. The van der Waals surface area contributed by atoms with Gasteiger partial charge >= 0.3 is 6.16 Å². The van der Waals surface area contributed by atoms with E-state index in [1.807, 2.05) is 23.5 Å². The summed E-state index contributed by atoms with van der Waals surface area (Å²) in [6, 6.07) is 12.8. The van der Waals surface area contributed by atoms with Crippen LogP contribution in [0.1, 0.15) is 22.5 Å². The van der Waals surface area contributed by atoms with Crippen molar-refractivity contribution in [3.05, 3.63) is 65.1 Å². The molecule has 2 aromatic heterocycles. The topological polar surface area (TPSA) is 87.6 Å². The molecule has 0 aliphatic rings. The Labute approximate surface area is 138 Å². The Bertz CT molecular complexity index is 937. The Balaban J connectivity index is 1.80. The van der Waals surface area contributed by atoms with Crippen molar-refractivity contribution in [3.8, 4) is 11.8 Å². The van der Waals surface area contributed by atoms with Gasteiger partial charge in [0.15, 0.2) is 0 Å². The first-order valence-electron chi connectivity index (χ1n) is 7.44. The molecule has 0 bridgehead atoms. The van der Waals surface area contributed by atoms with Crippen molar-refractivity contribution in [1.29, 1.82) is 5.26 Å². The minimum atomic E-state index is -1.34. The highest BCUT2D eigenvalue weighted by Crippen LogP contribution is 2.19. The number of aryl methyl sites for hydroxylation is 3. The molecule has 3 rings (SSSR count). The van der Waals surface area contributed by atoms with Gasteiger partial charge in [-0.2, -0.15) is 5.26 Å². The van der Waals surface area contributed by atoms with E-state index in [1.165, 1.54) is 0 Å². The van der Waals surface area contributed by atoms with Gasteiger partial charge in [0.1, 0.15) is 11.4 Å². The van der Waals surface area contributed by atoms with E-state index in [4.69, 9.17) is 10.4 Å². The summed E-state index contributed by atoms with van der Waals surface area (Å²) in [5, 5.41) is 17.5. The number of benzene rings is 1. The molecule has 0 atom stereocenters. The van der Waals surface area contributed by atoms with E-state index < -0.39 is 6.16 Å². The lowest BCUT2D eigenvalue weighted by Gasteiger charge is -2.02. The fourth-order valence-electron chi connectivity index (χ4n) is 2.61. The Hall–Kier alpha value is -3.33. The first-order valence-corrected chi connectivity index (χ1v) is 7.44. The number of ether oxygens (including phenoxy) is 1. The molecule has 1 N–H and O–H groups in total. The van der Waals surface area contributed by atoms with Crippen LogP contribution in [0.15, 0.2) is 42.6 Å². The molecule has 2 heterocycles. The Morgan fingerprint density at radius 3 is 2.71 bits per heavy atom. The Morgan fingerprint density at radius 2 is 2.04 bits per heavy atom. The van der Waals surface area contributed by atoms with Gasteiger partial charge in [-0.05, 0) is 43.5 Å². The van der Waals surface area contributed by atoms with Gasteiger partial charge in [-0.1, -0.05) is 12.1 Å². The second-order valence-corrected chi connectivity index (χ2v) is 5.41. The fraction of sp³-hybridized carbons (Fsp3) is 0.167. The highest BCUT2D eigenvalue weighted by molar-refractivity contribution is 5.62. The van der Waals surface area contributed by atoms with E-state index >= 15 is 0 Å². The van der Waals surface area contributed by atoms with Crippen LogP contribution in [0.25, 0.3) is 5.65 Å². The van der Waals surface area contributed by atoms with Crippen molar-refractivity contribution in [3.63, 3.8) is 0 Å². The third kappa shape index (κ3) is 3.20. The van der Waals surface area contributed by atoms with Gasteiger partial charge in [0, 0.05) is 18.0 Å². The highest BCUT2D eigenvalue weighted by atomic mass is 16.7. The van der Waals surface area contributed by atoms with E-state index in [0.717, 1.165) is 29.8 Å². The van der Waals surface area contributed by atoms with Crippen LogP contribution in [0.4, 0.5) is 4.79 Å². The monoisotopic (exact) mass is 321 g/mol. The van der Waals surface area contributed by atoms with Crippen molar-refractivity contribution in [2.24, 2.45) is 0 Å². The zero-order valence-corrected chi connectivity index (χ0v) is 13.1. The molecule has 0 saturated carbocycles. The van der Waals surface area contributed by atoms with E-state index in [9.17, 15) is 4.79 Å². The normalized spacial score (nSPS) is 10.5. The predicted molar refractivity (Wildman–Crippen MR) is 87.1 cm³/mol. The van der Waals surface area contributed by atoms with Crippen LogP contribution in [0.5, 0.6) is 5.75 Å². The summed E-state index contributed by atoms with van der Waals surface area (Å²) >= 11 is 0. The molecule has 6 heteroatoms. The van der Waals surface area contributed by atoms with Gasteiger partial charge in [-0.25, -0.2) is 9.78 Å². The summed E-state index contributed by atoms with van der Waals surface area (Å²) in [6.07, 6.45) is 1.98. The zero-order chi connectivity index (χ0) is 17.1. The molecule has 1 aromatic carbocycles. The smallest absolute Gasteiger partial charge is 0.449 e. The van der Waals surface area contributed by atoms with Gasteiger partial charge in [-0.3, -0.25) is 0 Å². The summed E-state index contributed by atoms with van der Waals surface area (Å²) in [5.74, 6) is 0.249. The first kappa shape index (κ1) is 15.6. The second-order valence-electron chi connectivity index (χ2n) is 5.41. The third-order valence-corrected chi connectivity index (χ3v) is 3.87. The van der Waals surface area contributed by atoms with Crippen molar-refractivity contribution in [2.45, 2.75) is 19.8 Å². The Kier molecular flexibility index (Phi) is 4.17. The summed E-state index contributed by atoms with van der Waals surface area (Å²) < 4.78 is 6.57. The van der Waals surface area contributed by atoms with E-state index in [2.05, 4.69) is 15.8 Å². The quantitative estimate of drug-likeness (QED) is 0.744. The number of nitrogens with zero attached hydrogens (tertiary/aromatic N) is 3. The van der Waals surface area contributed by atoms with Gasteiger partial charge in [0.05, 0.1) is 17.3 Å². The SMILES string of the molecule is Cc1c(CCc2ccc(C#N)cc2)nc2cc(OC(=O)O)ccn12. The molecule has 0 spiro atoms. The number of pyridine rings is 1. The lowest BCUT2D eigenvalue weighted by Crippen LogP contribution is -2.03. The lowest BCUT2D eigenvalue weighted by atomic mass is 10.1. The summed E-state index contributed by atoms with van der Waals surface area (Å²) in [7, 11) is 0. The molecule has 6 nitrogen and oxygen atoms in total. The first-order chi connectivity index (χ1) is 11.6. The van der Waals surface area contributed by atoms with Crippen molar-refractivity contribution in [2.75, 3.05) is 0 Å². The molecular weight excluding hydrogens is 306 g/mol. The van der Waals surface area contributed by atoms with E-state index in [0.29, 0.717) is 11.2 Å². The van der Waals surface area contributed by atoms with E-state index in [1.54, 1.807) is 30.5 Å². The largest absolute Gasteiger partial charge is 0.511 e. The third-order valence-electron chi connectivity index (χ3n) is 3.87. The second kappa shape index (κ2) is 6.42. The number of imidazole rings is 1. The summed E-state index contributed by atoms with van der Waals surface area (Å²) in [5.41, 5.74) is 4.41. The van der Waals surface area contributed by atoms with Crippen LogP contribution < -0.4 is 4.74 Å². The highest BCUT2D eigenvalue weighted by Gasteiger charge is 2.10. The maximum absolute atomic E-state index is 10.6. The molecule has 3 aromatic rings. The molecule has 0 radical (unpaired) electrons. The fourth-order valence-corrected chi connectivity index (χ4v) is 2.61. The van der Waals surface area contributed by atoms with Gasteiger partial charge < -0.3 is 14.2 Å². The lowest BCUT2D eigenvalue weighted by molar-refractivity contribution is 0.144. The minimum Gasteiger partial charge on any atom is -0.449 e. The average Bonchev–Trinajstić information content (AvgIpc) is 2.88. The van der Waals surface area contributed by atoms with Crippen molar-refractivity contribution >= 4 is 11.8 Å². The van der Waals surface area contributed by atoms with Gasteiger partial charge in [0.2, 0.25) is 0 Å². The molecular formula is C18H15N3O3. The van der Waals surface area contributed by atoms with Gasteiger partial charge in [-0.15, -0.1) is 0 Å². The molecule has 120 valence electrons. The number of rotatable bonds is 4. The number of carboxylic acid groups (broad SMARTS) is 1. The molecule has 24 heavy (non-hydrogen) atoms. The van der Waals surface area contributed by atoms with Crippen LogP contribution in [0, 0.1) is 18.3 Å². The summed E-state index contributed by atoms with van der Waals surface area (Å²) in [6.45, 7) is 1.98. The maximum Gasteiger partial charge on any atom is 0.511 e. The molecule has 0 fully saturated rings. The number of fused-ring (bicyclic) bond motifs is 1. The average molecular weight is 321 g/mol. The number of hydrogen-bond donors (Lipinski definition) is 1. The molecule has 0 aliphatic heterocycles. The maximum atomic E-state index is 10.6. The standard InChI is InChI=1S/C18H15N3O3/c1-12-16(7-6-13-2-4-14(11-19)5-3-13)20-17-10-15(24-18(22)23)8-9-21(12)17/h2-5,8-10H,6-7H2,1H3,(H,22,23). The Morgan fingerprint density at radius 1 is 1.29 bits per heavy atom. The zero-order valence-electron chi connectivity index (χ0n) is 13.1. The van der Waals surface area contributed by atoms with Crippen molar-refractivity contribution < 1.29 is 14.6 Å².